The number of hydrogen-bond acceptors (Lipinski definition) is 5. The van der Waals surface area contributed by atoms with Crippen molar-refractivity contribution in [3.63, 3.8) is 0 Å². The SMILES string of the molecule is COc1cccc(OCC(=O)Oc2ccc(/C=C(/C#N)c3cccc(Cl)c3)cc2)c1. The summed E-state index contributed by atoms with van der Waals surface area (Å²) in [6, 6.07) is 23.0. The van der Waals surface area contributed by atoms with Crippen LogP contribution in [-0.2, 0) is 4.79 Å². The molecule has 0 aromatic heterocycles. The number of ether oxygens (including phenoxy) is 3. The van der Waals surface area contributed by atoms with Crippen LogP contribution in [0.1, 0.15) is 11.1 Å². The fourth-order valence-electron chi connectivity index (χ4n) is 2.63. The lowest BCUT2D eigenvalue weighted by molar-refractivity contribution is -0.136. The first-order valence-corrected chi connectivity index (χ1v) is 9.40. The molecule has 30 heavy (non-hydrogen) atoms. The lowest BCUT2D eigenvalue weighted by Gasteiger charge is -2.08. The van der Waals surface area contributed by atoms with E-state index in [0.29, 0.717) is 27.8 Å². The lowest BCUT2D eigenvalue weighted by Crippen LogP contribution is -2.17. The molecule has 3 aromatic carbocycles. The van der Waals surface area contributed by atoms with Crippen LogP contribution in [0.3, 0.4) is 0 Å². The van der Waals surface area contributed by atoms with Crippen molar-refractivity contribution in [3.05, 3.63) is 88.9 Å². The van der Waals surface area contributed by atoms with Gasteiger partial charge in [-0.25, -0.2) is 4.79 Å². The van der Waals surface area contributed by atoms with Crippen molar-refractivity contribution < 1.29 is 19.0 Å². The summed E-state index contributed by atoms with van der Waals surface area (Å²) in [4.78, 5) is 12.0. The van der Waals surface area contributed by atoms with Gasteiger partial charge >= 0.3 is 5.97 Å². The highest BCUT2D eigenvalue weighted by molar-refractivity contribution is 6.30. The van der Waals surface area contributed by atoms with Crippen LogP contribution in [0.15, 0.2) is 72.8 Å². The Labute approximate surface area is 179 Å². The van der Waals surface area contributed by atoms with Crippen LogP contribution in [-0.4, -0.2) is 19.7 Å². The first-order chi connectivity index (χ1) is 14.6. The summed E-state index contributed by atoms with van der Waals surface area (Å²) in [5, 5.41) is 10.0. The highest BCUT2D eigenvalue weighted by Gasteiger charge is 2.07. The zero-order chi connectivity index (χ0) is 21.3. The minimum atomic E-state index is -0.530. The molecule has 0 amide bonds. The van der Waals surface area contributed by atoms with E-state index in [1.54, 1.807) is 79.9 Å². The second-order valence-electron chi connectivity index (χ2n) is 6.19. The number of benzene rings is 3. The molecular weight excluding hydrogens is 402 g/mol. The summed E-state index contributed by atoms with van der Waals surface area (Å²) >= 11 is 6.00. The van der Waals surface area contributed by atoms with Gasteiger partial charge in [0, 0.05) is 11.1 Å². The highest BCUT2D eigenvalue weighted by atomic mass is 35.5. The summed E-state index contributed by atoms with van der Waals surface area (Å²) in [5.41, 5.74) is 2.00. The van der Waals surface area contributed by atoms with E-state index in [1.165, 1.54) is 0 Å². The fourth-order valence-corrected chi connectivity index (χ4v) is 2.82. The Kier molecular flexibility index (Phi) is 7.09. The Morgan fingerprint density at radius 2 is 1.73 bits per heavy atom. The van der Waals surface area contributed by atoms with E-state index in [9.17, 15) is 10.1 Å². The number of allylic oxidation sites excluding steroid dienone is 1. The van der Waals surface area contributed by atoms with Gasteiger partial charge < -0.3 is 14.2 Å². The molecule has 0 aliphatic carbocycles. The molecule has 3 rings (SSSR count). The van der Waals surface area contributed by atoms with E-state index >= 15 is 0 Å². The van der Waals surface area contributed by atoms with E-state index in [1.807, 2.05) is 6.07 Å². The van der Waals surface area contributed by atoms with E-state index < -0.39 is 5.97 Å². The fraction of sp³-hybridized carbons (Fsp3) is 0.0833. The van der Waals surface area contributed by atoms with Gasteiger partial charge in [0.2, 0.25) is 0 Å². The third-order valence-electron chi connectivity index (χ3n) is 4.08. The van der Waals surface area contributed by atoms with E-state index in [0.717, 1.165) is 11.1 Å². The Balaban J connectivity index is 1.61. The maximum atomic E-state index is 12.0. The van der Waals surface area contributed by atoms with Gasteiger partial charge in [0.15, 0.2) is 6.61 Å². The molecule has 5 nitrogen and oxygen atoms in total. The Hall–Kier alpha value is -3.75. The van der Waals surface area contributed by atoms with Crippen LogP contribution >= 0.6 is 11.6 Å². The third kappa shape index (κ3) is 5.87. The summed E-state index contributed by atoms with van der Waals surface area (Å²) in [6.45, 7) is -0.234. The topological polar surface area (TPSA) is 68.6 Å². The quantitative estimate of drug-likeness (QED) is 0.222. The predicted molar refractivity (Wildman–Crippen MR) is 116 cm³/mol. The van der Waals surface area contributed by atoms with Gasteiger partial charge in [-0.2, -0.15) is 5.26 Å². The van der Waals surface area contributed by atoms with Crippen molar-refractivity contribution in [1.29, 1.82) is 5.26 Å². The molecule has 150 valence electrons. The van der Waals surface area contributed by atoms with Crippen molar-refractivity contribution in [3.8, 4) is 23.3 Å². The zero-order valence-corrected chi connectivity index (χ0v) is 16.9. The van der Waals surface area contributed by atoms with Gasteiger partial charge in [-0.15, -0.1) is 0 Å². The minimum absolute atomic E-state index is 0.234. The molecule has 3 aromatic rings. The van der Waals surface area contributed by atoms with Gasteiger partial charge in [-0.05, 0) is 53.6 Å². The van der Waals surface area contributed by atoms with Crippen molar-refractivity contribution in [2.75, 3.05) is 13.7 Å². The standard InChI is InChI=1S/C24H18ClNO4/c1-28-22-6-3-7-23(14-22)29-16-24(27)30-21-10-8-17(9-11-21)12-19(15-26)18-4-2-5-20(25)13-18/h2-14H,16H2,1H3/b19-12-. The number of carbonyl (C=O) groups is 1. The van der Waals surface area contributed by atoms with Crippen LogP contribution in [0.4, 0.5) is 0 Å². The Bertz CT molecular complexity index is 1100. The first-order valence-electron chi connectivity index (χ1n) is 9.03. The van der Waals surface area contributed by atoms with Crippen molar-refractivity contribution >= 4 is 29.2 Å². The molecule has 0 saturated heterocycles. The summed E-state index contributed by atoms with van der Waals surface area (Å²) in [6.07, 6.45) is 1.74. The molecule has 0 radical (unpaired) electrons. The number of halogens is 1. The largest absolute Gasteiger partial charge is 0.497 e. The third-order valence-corrected chi connectivity index (χ3v) is 4.31. The molecule has 0 aliphatic rings. The number of rotatable bonds is 7. The maximum Gasteiger partial charge on any atom is 0.349 e. The number of nitriles is 1. The molecule has 0 spiro atoms. The monoisotopic (exact) mass is 419 g/mol. The highest BCUT2D eigenvalue weighted by Crippen LogP contribution is 2.22. The van der Waals surface area contributed by atoms with E-state index in [2.05, 4.69) is 6.07 Å². The molecule has 0 aliphatic heterocycles. The summed E-state index contributed by atoms with van der Waals surface area (Å²) < 4.78 is 15.8. The number of carbonyl (C=O) groups excluding carboxylic acids is 1. The van der Waals surface area contributed by atoms with Crippen molar-refractivity contribution in [2.24, 2.45) is 0 Å². The van der Waals surface area contributed by atoms with E-state index in [-0.39, 0.29) is 6.61 Å². The van der Waals surface area contributed by atoms with Gasteiger partial charge in [-0.3, -0.25) is 0 Å². The molecule has 0 unspecified atom stereocenters. The average molecular weight is 420 g/mol. The van der Waals surface area contributed by atoms with Crippen LogP contribution in [0, 0.1) is 11.3 Å². The number of methoxy groups -OCH3 is 1. The first kappa shape index (κ1) is 21.0. The van der Waals surface area contributed by atoms with Gasteiger partial charge in [0.1, 0.15) is 17.2 Å². The van der Waals surface area contributed by atoms with Crippen LogP contribution < -0.4 is 14.2 Å². The molecule has 0 fully saturated rings. The smallest absolute Gasteiger partial charge is 0.349 e. The normalized spacial score (nSPS) is 10.8. The zero-order valence-electron chi connectivity index (χ0n) is 16.2. The van der Waals surface area contributed by atoms with Gasteiger partial charge in [0.05, 0.1) is 18.8 Å². The second kappa shape index (κ2) is 10.1. The number of hydrogen-bond donors (Lipinski definition) is 0. The predicted octanol–water partition coefficient (Wildman–Crippen LogP) is 5.40. The maximum absolute atomic E-state index is 12.0. The summed E-state index contributed by atoms with van der Waals surface area (Å²) in [7, 11) is 1.56. The second-order valence-corrected chi connectivity index (χ2v) is 6.63. The lowest BCUT2D eigenvalue weighted by atomic mass is 10.0. The van der Waals surface area contributed by atoms with Gasteiger partial charge in [0.25, 0.3) is 0 Å². The van der Waals surface area contributed by atoms with Crippen molar-refractivity contribution in [2.45, 2.75) is 0 Å². The number of esters is 1. The van der Waals surface area contributed by atoms with Gasteiger partial charge in [-0.1, -0.05) is 41.9 Å². The minimum Gasteiger partial charge on any atom is -0.497 e. The molecule has 0 N–H and O–H groups in total. The van der Waals surface area contributed by atoms with Crippen molar-refractivity contribution in [1.82, 2.24) is 0 Å². The Morgan fingerprint density at radius 1 is 1.00 bits per heavy atom. The Morgan fingerprint density at radius 3 is 2.43 bits per heavy atom. The molecule has 0 atom stereocenters. The molecule has 0 saturated carbocycles. The van der Waals surface area contributed by atoms with Crippen LogP contribution in [0.25, 0.3) is 11.6 Å². The average Bonchev–Trinajstić information content (AvgIpc) is 2.77. The number of nitrogens with zero attached hydrogens (tertiary/aromatic N) is 1. The van der Waals surface area contributed by atoms with Crippen LogP contribution in [0.5, 0.6) is 17.2 Å². The van der Waals surface area contributed by atoms with E-state index in [4.69, 9.17) is 25.8 Å². The molecular formula is C24H18ClNO4. The summed E-state index contributed by atoms with van der Waals surface area (Å²) in [5.74, 6) is 1.00. The molecule has 0 heterocycles. The molecule has 0 bridgehead atoms. The van der Waals surface area contributed by atoms with Crippen LogP contribution in [0.2, 0.25) is 5.02 Å². The molecule has 6 heteroatoms.